The Morgan fingerprint density at radius 1 is 1.43 bits per heavy atom. The van der Waals surface area contributed by atoms with E-state index in [4.69, 9.17) is 5.11 Å². The van der Waals surface area contributed by atoms with Crippen LogP contribution in [0.25, 0.3) is 0 Å². The van der Waals surface area contributed by atoms with Crippen molar-refractivity contribution in [2.24, 2.45) is 5.92 Å². The van der Waals surface area contributed by atoms with Crippen LogP contribution in [-0.2, 0) is 4.79 Å². The van der Waals surface area contributed by atoms with Crippen LogP contribution in [-0.4, -0.2) is 41.6 Å². The third kappa shape index (κ3) is 3.32. The first-order valence-corrected chi connectivity index (χ1v) is 7.08. The van der Waals surface area contributed by atoms with E-state index in [1.54, 1.807) is 25.1 Å². The van der Waals surface area contributed by atoms with Crippen molar-refractivity contribution in [2.75, 3.05) is 24.5 Å². The number of nitrogens with zero attached hydrogens (tertiary/aromatic N) is 2. The third-order valence-corrected chi connectivity index (χ3v) is 3.73. The van der Waals surface area contributed by atoms with Crippen LogP contribution in [0, 0.1) is 11.7 Å². The van der Waals surface area contributed by atoms with E-state index in [0.717, 1.165) is 0 Å². The molecule has 114 valence electrons. The molecule has 6 heteroatoms. The van der Waals surface area contributed by atoms with Gasteiger partial charge in [0.15, 0.2) is 0 Å². The molecule has 1 heterocycles. The van der Waals surface area contributed by atoms with E-state index in [2.05, 4.69) is 0 Å². The van der Waals surface area contributed by atoms with Crippen LogP contribution in [0.4, 0.5) is 14.9 Å². The number of anilines is 1. The van der Waals surface area contributed by atoms with Crippen LogP contribution >= 0.6 is 0 Å². The summed E-state index contributed by atoms with van der Waals surface area (Å²) in [5.41, 5.74) is 0.224. The van der Waals surface area contributed by atoms with Gasteiger partial charge < -0.3 is 10.0 Å². The van der Waals surface area contributed by atoms with Gasteiger partial charge in [-0.15, -0.1) is 0 Å². The molecule has 1 N–H and O–H groups in total. The van der Waals surface area contributed by atoms with Crippen molar-refractivity contribution < 1.29 is 19.1 Å². The molecule has 1 aliphatic rings. The van der Waals surface area contributed by atoms with Crippen LogP contribution < -0.4 is 4.90 Å². The Morgan fingerprint density at radius 2 is 2.14 bits per heavy atom. The van der Waals surface area contributed by atoms with Gasteiger partial charge in [-0.05, 0) is 31.9 Å². The number of halogens is 1. The van der Waals surface area contributed by atoms with E-state index in [-0.39, 0.29) is 18.3 Å². The minimum absolute atomic E-state index is 0.180. The molecule has 5 nitrogen and oxygen atoms in total. The number of hydrogen-bond donors (Lipinski definition) is 1. The van der Waals surface area contributed by atoms with Crippen molar-refractivity contribution in [3.63, 3.8) is 0 Å². The molecule has 1 aromatic rings. The molecule has 0 aromatic heterocycles. The summed E-state index contributed by atoms with van der Waals surface area (Å²) in [6, 6.07) is 5.76. The van der Waals surface area contributed by atoms with Crippen molar-refractivity contribution in [1.82, 2.24) is 4.90 Å². The number of aliphatic carboxylic acids is 1. The van der Waals surface area contributed by atoms with Crippen LogP contribution in [0.5, 0.6) is 0 Å². The van der Waals surface area contributed by atoms with Crippen LogP contribution in [0.15, 0.2) is 24.3 Å². The molecule has 0 saturated carbocycles. The highest BCUT2D eigenvalue weighted by Gasteiger charge is 2.31. The summed E-state index contributed by atoms with van der Waals surface area (Å²) < 4.78 is 13.9. The SMILES string of the molecule is CCN(C(=O)N1CCC[C@H](C(=O)O)C1)c1ccccc1F. The zero-order valence-corrected chi connectivity index (χ0v) is 12.0. The summed E-state index contributed by atoms with van der Waals surface area (Å²) in [5.74, 6) is -1.89. The maximum absolute atomic E-state index is 13.9. The van der Waals surface area contributed by atoms with Gasteiger partial charge in [-0.1, -0.05) is 12.1 Å². The number of carboxylic acid groups (broad SMARTS) is 1. The number of para-hydroxylation sites is 1. The van der Waals surface area contributed by atoms with Crippen molar-refractivity contribution in [3.05, 3.63) is 30.1 Å². The van der Waals surface area contributed by atoms with Crippen molar-refractivity contribution in [2.45, 2.75) is 19.8 Å². The van der Waals surface area contributed by atoms with E-state index >= 15 is 0 Å². The Kier molecular flexibility index (Phi) is 4.77. The molecule has 1 saturated heterocycles. The molecule has 1 fully saturated rings. The minimum Gasteiger partial charge on any atom is -0.481 e. The highest BCUT2D eigenvalue weighted by molar-refractivity contribution is 5.92. The smallest absolute Gasteiger partial charge is 0.324 e. The quantitative estimate of drug-likeness (QED) is 0.932. The molecular formula is C15H19FN2O3. The van der Waals surface area contributed by atoms with Gasteiger partial charge in [-0.3, -0.25) is 9.69 Å². The molecule has 1 atom stereocenters. The number of carbonyl (C=O) groups is 2. The number of rotatable bonds is 3. The fourth-order valence-corrected chi connectivity index (χ4v) is 2.60. The summed E-state index contributed by atoms with van der Waals surface area (Å²) in [7, 11) is 0. The van der Waals surface area contributed by atoms with Gasteiger partial charge in [0.1, 0.15) is 5.82 Å². The van der Waals surface area contributed by atoms with E-state index in [1.807, 2.05) is 0 Å². The average molecular weight is 294 g/mol. The Morgan fingerprint density at radius 3 is 2.76 bits per heavy atom. The van der Waals surface area contributed by atoms with Gasteiger partial charge in [0, 0.05) is 19.6 Å². The molecule has 1 aliphatic heterocycles. The molecule has 0 bridgehead atoms. The Bertz CT molecular complexity index is 535. The van der Waals surface area contributed by atoms with Crippen molar-refractivity contribution in [3.8, 4) is 0 Å². The topological polar surface area (TPSA) is 60.9 Å². The molecule has 0 unspecified atom stereocenters. The first-order valence-electron chi connectivity index (χ1n) is 7.08. The van der Waals surface area contributed by atoms with Crippen molar-refractivity contribution >= 4 is 17.7 Å². The maximum Gasteiger partial charge on any atom is 0.324 e. The molecular weight excluding hydrogens is 275 g/mol. The van der Waals surface area contributed by atoms with Gasteiger partial charge in [-0.25, -0.2) is 9.18 Å². The molecule has 0 aliphatic carbocycles. The Hall–Kier alpha value is -2.11. The number of benzene rings is 1. The second-order valence-electron chi connectivity index (χ2n) is 5.10. The molecule has 2 rings (SSSR count). The number of carbonyl (C=O) groups excluding carboxylic acids is 1. The highest BCUT2D eigenvalue weighted by atomic mass is 19.1. The summed E-state index contributed by atoms with van der Waals surface area (Å²) in [5, 5.41) is 9.08. The average Bonchev–Trinajstić information content (AvgIpc) is 2.50. The van der Waals surface area contributed by atoms with Crippen LogP contribution in [0.2, 0.25) is 0 Å². The van der Waals surface area contributed by atoms with Gasteiger partial charge in [0.05, 0.1) is 11.6 Å². The molecule has 21 heavy (non-hydrogen) atoms. The standard InChI is InChI=1S/C15H19FN2O3/c1-2-18(13-8-4-3-7-12(13)16)15(21)17-9-5-6-11(10-17)14(19)20/h3-4,7-8,11H,2,5-6,9-10H2,1H3,(H,19,20)/t11-/m0/s1. The van der Waals surface area contributed by atoms with Crippen molar-refractivity contribution in [1.29, 1.82) is 0 Å². The number of amides is 2. The first-order chi connectivity index (χ1) is 10.0. The molecule has 2 amide bonds. The fraction of sp³-hybridized carbons (Fsp3) is 0.467. The Balaban J connectivity index is 2.17. The van der Waals surface area contributed by atoms with Crippen LogP contribution in [0.3, 0.4) is 0 Å². The second kappa shape index (κ2) is 6.56. The Labute approximate surface area is 123 Å². The number of carboxylic acids is 1. The van der Waals surface area contributed by atoms with E-state index in [1.165, 1.54) is 15.9 Å². The number of urea groups is 1. The van der Waals surface area contributed by atoms with Gasteiger partial charge in [0.2, 0.25) is 0 Å². The predicted octanol–water partition coefficient (Wildman–Crippen LogP) is 2.57. The third-order valence-electron chi connectivity index (χ3n) is 3.73. The summed E-state index contributed by atoms with van der Waals surface area (Å²) >= 11 is 0. The lowest BCUT2D eigenvalue weighted by Gasteiger charge is -2.34. The van der Waals surface area contributed by atoms with E-state index < -0.39 is 17.7 Å². The fourth-order valence-electron chi connectivity index (χ4n) is 2.60. The van der Waals surface area contributed by atoms with Gasteiger partial charge >= 0.3 is 12.0 Å². The summed E-state index contributed by atoms with van der Waals surface area (Å²) in [4.78, 5) is 26.5. The monoisotopic (exact) mass is 294 g/mol. The summed E-state index contributed by atoms with van der Waals surface area (Å²) in [6.45, 7) is 2.78. The van der Waals surface area contributed by atoms with E-state index in [9.17, 15) is 14.0 Å². The number of likely N-dealkylation sites (tertiary alicyclic amines) is 1. The first kappa shape index (κ1) is 15.3. The van der Waals surface area contributed by atoms with Crippen LogP contribution in [0.1, 0.15) is 19.8 Å². The zero-order valence-electron chi connectivity index (χ0n) is 12.0. The predicted molar refractivity (Wildman–Crippen MR) is 76.7 cm³/mol. The number of piperidine rings is 1. The minimum atomic E-state index is -0.888. The maximum atomic E-state index is 13.9. The summed E-state index contributed by atoms with van der Waals surface area (Å²) in [6.07, 6.45) is 1.22. The lowest BCUT2D eigenvalue weighted by molar-refractivity contribution is -0.143. The lowest BCUT2D eigenvalue weighted by Crippen LogP contribution is -2.49. The number of hydrogen-bond acceptors (Lipinski definition) is 2. The normalized spacial score (nSPS) is 18.4. The largest absolute Gasteiger partial charge is 0.481 e. The van der Waals surface area contributed by atoms with Gasteiger partial charge in [-0.2, -0.15) is 0 Å². The molecule has 0 spiro atoms. The lowest BCUT2D eigenvalue weighted by atomic mass is 9.98. The molecule has 0 radical (unpaired) electrons. The van der Waals surface area contributed by atoms with E-state index in [0.29, 0.717) is 25.9 Å². The molecule has 1 aromatic carbocycles. The highest BCUT2D eigenvalue weighted by Crippen LogP contribution is 2.23. The van der Waals surface area contributed by atoms with Gasteiger partial charge in [0.25, 0.3) is 0 Å². The zero-order chi connectivity index (χ0) is 15.4. The second-order valence-corrected chi connectivity index (χ2v) is 5.10.